The van der Waals surface area contributed by atoms with E-state index in [1.807, 2.05) is 44.2 Å². The fourth-order valence-corrected chi connectivity index (χ4v) is 4.64. The van der Waals surface area contributed by atoms with Crippen LogP contribution in [0.25, 0.3) is 22.3 Å². The molecule has 4 aromatic rings. The number of fused-ring (bicyclic) bond motifs is 2. The summed E-state index contributed by atoms with van der Waals surface area (Å²) in [6.07, 6.45) is 3.85. The Morgan fingerprint density at radius 2 is 2.00 bits per heavy atom. The number of aryl methyl sites for hydroxylation is 1. The molecule has 1 aliphatic carbocycles. The first-order valence-corrected chi connectivity index (χ1v) is 11.6. The first kappa shape index (κ1) is 22.2. The fraction of sp³-hybridized carbons (Fsp3) is 0.269. The van der Waals surface area contributed by atoms with Crippen LogP contribution in [-0.2, 0) is 6.42 Å². The van der Waals surface area contributed by atoms with Gasteiger partial charge in [0.15, 0.2) is 11.5 Å². The molecule has 0 aliphatic heterocycles. The molecular weight excluding hydrogens is 452 g/mol. The maximum absolute atomic E-state index is 13.0. The van der Waals surface area contributed by atoms with Crippen molar-refractivity contribution in [1.82, 2.24) is 15.0 Å². The van der Waals surface area contributed by atoms with Gasteiger partial charge in [0.25, 0.3) is 0 Å². The minimum absolute atomic E-state index is 0.00647. The number of carbonyl (C=O) groups excluding carboxylic acids is 1. The standard InChI is InChI=1S/C26H25ClN4O3/c1-14(2)34-21-11-10-18-23(31-21)15(12-13-28-18)24-25(22-17(29-24)7-5-9-20(22)32)30-19-8-4-6-16(27)26(19)33-3/h4,6,8,10-14,29-30H,5,7,9H2,1-3H3. The van der Waals surface area contributed by atoms with Crippen molar-refractivity contribution in [3.8, 4) is 22.9 Å². The minimum Gasteiger partial charge on any atom is -0.493 e. The number of benzene rings is 1. The van der Waals surface area contributed by atoms with Crippen LogP contribution in [0, 0.1) is 0 Å². The van der Waals surface area contributed by atoms with E-state index in [1.165, 1.54) is 0 Å². The van der Waals surface area contributed by atoms with Crippen molar-refractivity contribution in [3.63, 3.8) is 0 Å². The molecule has 34 heavy (non-hydrogen) atoms. The van der Waals surface area contributed by atoms with E-state index in [-0.39, 0.29) is 11.9 Å². The largest absolute Gasteiger partial charge is 0.493 e. The zero-order chi connectivity index (χ0) is 23.8. The molecule has 0 amide bonds. The van der Waals surface area contributed by atoms with E-state index in [9.17, 15) is 4.79 Å². The van der Waals surface area contributed by atoms with Crippen molar-refractivity contribution in [2.45, 2.75) is 39.2 Å². The van der Waals surface area contributed by atoms with E-state index in [0.717, 1.165) is 35.3 Å². The Morgan fingerprint density at radius 3 is 2.79 bits per heavy atom. The lowest BCUT2D eigenvalue weighted by Crippen LogP contribution is -2.11. The SMILES string of the molecule is COc1c(Cl)cccc1Nc1c(-c2ccnc3ccc(OC(C)C)nc23)[nH]c2c1C(=O)CCC2. The molecular formula is C26H25ClN4O3. The number of nitrogens with one attached hydrogen (secondary N) is 2. The normalized spacial score (nSPS) is 13.3. The van der Waals surface area contributed by atoms with Gasteiger partial charge >= 0.3 is 0 Å². The zero-order valence-electron chi connectivity index (χ0n) is 19.2. The second-order valence-electron chi connectivity index (χ2n) is 8.49. The van der Waals surface area contributed by atoms with Crippen molar-refractivity contribution in [2.75, 3.05) is 12.4 Å². The number of hydrogen-bond donors (Lipinski definition) is 2. The number of carbonyl (C=O) groups is 1. The van der Waals surface area contributed by atoms with Crippen LogP contribution in [0.2, 0.25) is 5.02 Å². The highest BCUT2D eigenvalue weighted by atomic mass is 35.5. The van der Waals surface area contributed by atoms with Crippen LogP contribution in [0.5, 0.6) is 11.6 Å². The van der Waals surface area contributed by atoms with Crippen LogP contribution in [0.15, 0.2) is 42.6 Å². The highest BCUT2D eigenvalue weighted by Crippen LogP contribution is 2.43. The zero-order valence-corrected chi connectivity index (χ0v) is 20.0. The third kappa shape index (κ3) is 3.96. The van der Waals surface area contributed by atoms with Crippen molar-refractivity contribution >= 4 is 39.8 Å². The predicted octanol–water partition coefficient (Wildman–Crippen LogP) is 6.34. The molecule has 0 fully saturated rings. The number of anilines is 2. The summed E-state index contributed by atoms with van der Waals surface area (Å²) < 4.78 is 11.4. The van der Waals surface area contributed by atoms with Crippen LogP contribution in [0.3, 0.4) is 0 Å². The number of Topliss-reactive ketones (excluding diaryl/α,β-unsaturated/α-hetero) is 1. The van der Waals surface area contributed by atoms with Crippen molar-refractivity contribution in [1.29, 1.82) is 0 Å². The number of methoxy groups -OCH3 is 1. The van der Waals surface area contributed by atoms with Crippen LogP contribution in [-0.4, -0.2) is 33.9 Å². The Balaban J connectivity index is 1.72. The molecule has 0 spiro atoms. The van der Waals surface area contributed by atoms with Crippen LogP contribution in [0.4, 0.5) is 11.4 Å². The third-order valence-corrected chi connectivity index (χ3v) is 6.10. The maximum atomic E-state index is 13.0. The molecule has 1 aliphatic rings. The molecule has 3 heterocycles. The molecule has 0 saturated carbocycles. The van der Waals surface area contributed by atoms with Gasteiger partial charge in [0.05, 0.1) is 46.4 Å². The lowest BCUT2D eigenvalue weighted by atomic mass is 9.94. The first-order valence-electron chi connectivity index (χ1n) is 11.3. The van der Waals surface area contributed by atoms with E-state index in [0.29, 0.717) is 45.5 Å². The Labute approximate surface area is 202 Å². The highest BCUT2D eigenvalue weighted by Gasteiger charge is 2.28. The van der Waals surface area contributed by atoms with Gasteiger partial charge in [-0.1, -0.05) is 17.7 Å². The molecule has 8 heteroatoms. The van der Waals surface area contributed by atoms with E-state index in [2.05, 4.69) is 15.3 Å². The summed E-state index contributed by atoms with van der Waals surface area (Å²) in [5, 5.41) is 3.92. The van der Waals surface area contributed by atoms with Crippen molar-refractivity contribution in [3.05, 3.63) is 58.9 Å². The predicted molar refractivity (Wildman–Crippen MR) is 134 cm³/mol. The molecule has 0 unspecified atom stereocenters. The highest BCUT2D eigenvalue weighted by molar-refractivity contribution is 6.32. The van der Waals surface area contributed by atoms with Crippen molar-refractivity contribution < 1.29 is 14.3 Å². The lowest BCUT2D eigenvalue weighted by Gasteiger charge is -2.16. The van der Waals surface area contributed by atoms with Gasteiger partial charge in [-0.15, -0.1) is 0 Å². The second-order valence-corrected chi connectivity index (χ2v) is 8.90. The topological polar surface area (TPSA) is 89.1 Å². The quantitative estimate of drug-likeness (QED) is 0.337. The summed E-state index contributed by atoms with van der Waals surface area (Å²) in [4.78, 5) is 25.8. The number of para-hydroxylation sites is 1. The van der Waals surface area contributed by atoms with Gasteiger partial charge < -0.3 is 19.8 Å². The third-order valence-electron chi connectivity index (χ3n) is 5.80. The number of H-pyrrole nitrogens is 1. The van der Waals surface area contributed by atoms with E-state index >= 15 is 0 Å². The average Bonchev–Trinajstić information content (AvgIpc) is 3.18. The summed E-state index contributed by atoms with van der Waals surface area (Å²) >= 11 is 6.36. The molecule has 174 valence electrons. The molecule has 2 N–H and O–H groups in total. The van der Waals surface area contributed by atoms with Gasteiger partial charge in [0, 0.05) is 29.9 Å². The minimum atomic E-state index is -0.00647. The summed E-state index contributed by atoms with van der Waals surface area (Å²) in [6.45, 7) is 3.92. The van der Waals surface area contributed by atoms with Gasteiger partial charge in [-0.3, -0.25) is 9.78 Å². The van der Waals surface area contributed by atoms with Crippen molar-refractivity contribution in [2.24, 2.45) is 0 Å². The molecule has 0 atom stereocenters. The first-order chi connectivity index (χ1) is 16.5. The molecule has 0 bridgehead atoms. The van der Waals surface area contributed by atoms with Gasteiger partial charge in [-0.05, 0) is 51.0 Å². The Kier molecular flexibility index (Phi) is 5.87. The van der Waals surface area contributed by atoms with Gasteiger partial charge in [-0.25, -0.2) is 4.98 Å². The summed E-state index contributed by atoms with van der Waals surface area (Å²) in [5.41, 5.74) is 5.95. The molecule has 1 aromatic carbocycles. The molecule has 5 rings (SSSR count). The number of rotatable bonds is 6. The van der Waals surface area contributed by atoms with E-state index in [1.54, 1.807) is 19.4 Å². The molecule has 0 saturated heterocycles. The summed E-state index contributed by atoms with van der Waals surface area (Å²) in [6, 6.07) is 11.1. The Morgan fingerprint density at radius 1 is 1.15 bits per heavy atom. The van der Waals surface area contributed by atoms with Crippen LogP contribution < -0.4 is 14.8 Å². The second kappa shape index (κ2) is 8.99. The number of ketones is 1. The average molecular weight is 477 g/mol. The smallest absolute Gasteiger partial charge is 0.214 e. The number of halogens is 1. The Hall–Kier alpha value is -3.58. The monoisotopic (exact) mass is 476 g/mol. The number of pyridine rings is 2. The molecule has 7 nitrogen and oxygen atoms in total. The van der Waals surface area contributed by atoms with Crippen LogP contribution >= 0.6 is 11.6 Å². The number of hydrogen-bond acceptors (Lipinski definition) is 6. The van der Waals surface area contributed by atoms with Crippen LogP contribution in [0.1, 0.15) is 42.7 Å². The molecule has 0 radical (unpaired) electrons. The van der Waals surface area contributed by atoms with E-state index in [4.69, 9.17) is 26.1 Å². The Bertz CT molecular complexity index is 1400. The number of ether oxygens (including phenoxy) is 2. The summed E-state index contributed by atoms with van der Waals surface area (Å²) in [7, 11) is 1.57. The maximum Gasteiger partial charge on any atom is 0.214 e. The van der Waals surface area contributed by atoms with Gasteiger partial charge in [0.1, 0.15) is 5.52 Å². The van der Waals surface area contributed by atoms with Gasteiger partial charge in [-0.2, -0.15) is 0 Å². The lowest BCUT2D eigenvalue weighted by molar-refractivity contribution is 0.0973. The number of aromatic nitrogens is 3. The number of nitrogens with zero attached hydrogens (tertiary/aromatic N) is 2. The summed E-state index contributed by atoms with van der Waals surface area (Å²) in [5.74, 6) is 1.14. The van der Waals surface area contributed by atoms with Gasteiger partial charge in [0.2, 0.25) is 5.88 Å². The number of aromatic amines is 1. The van der Waals surface area contributed by atoms with E-state index < -0.39 is 0 Å². The molecule has 3 aromatic heterocycles. The fourth-order valence-electron chi connectivity index (χ4n) is 4.39.